The number of hydrogen-bond acceptors (Lipinski definition) is 4. The fourth-order valence-corrected chi connectivity index (χ4v) is 2.65. The van der Waals surface area contributed by atoms with E-state index >= 15 is 0 Å². The summed E-state index contributed by atoms with van der Waals surface area (Å²) in [6.07, 6.45) is 4.60. The summed E-state index contributed by atoms with van der Waals surface area (Å²) in [5.74, 6) is -0.0870. The molecule has 122 valence electrons. The highest BCUT2D eigenvalue weighted by Gasteiger charge is 2.17. The SMILES string of the molecule is CCCCc1c(-c2ccc(F)cc2)nc(N)nc1-c1ccccn1. The van der Waals surface area contributed by atoms with Crippen LogP contribution in [0.15, 0.2) is 48.7 Å². The number of unbranched alkanes of at least 4 members (excludes halogenated alkanes) is 1. The second-order valence-electron chi connectivity index (χ2n) is 5.58. The highest BCUT2D eigenvalue weighted by Crippen LogP contribution is 2.31. The Hall–Kier alpha value is -2.82. The first-order valence-electron chi connectivity index (χ1n) is 8.02. The molecule has 2 heterocycles. The maximum absolute atomic E-state index is 13.3. The molecule has 2 N–H and O–H groups in total. The van der Waals surface area contributed by atoms with E-state index < -0.39 is 0 Å². The van der Waals surface area contributed by atoms with Crippen LogP contribution in [0.5, 0.6) is 0 Å². The molecule has 0 spiro atoms. The van der Waals surface area contributed by atoms with Crippen LogP contribution in [0.2, 0.25) is 0 Å². The zero-order valence-electron chi connectivity index (χ0n) is 13.5. The van der Waals surface area contributed by atoms with Gasteiger partial charge in [-0.2, -0.15) is 0 Å². The molecular weight excluding hydrogens is 303 g/mol. The van der Waals surface area contributed by atoms with Gasteiger partial charge in [0.2, 0.25) is 5.95 Å². The van der Waals surface area contributed by atoms with E-state index in [4.69, 9.17) is 5.73 Å². The van der Waals surface area contributed by atoms with Crippen molar-refractivity contribution in [3.8, 4) is 22.6 Å². The van der Waals surface area contributed by atoms with Crippen LogP contribution in [0.4, 0.5) is 10.3 Å². The number of halogens is 1. The number of aromatic nitrogens is 3. The molecule has 4 nitrogen and oxygen atoms in total. The standard InChI is InChI=1S/C19H19FN4/c1-2-3-6-15-17(13-8-10-14(20)11-9-13)23-19(21)24-18(15)16-7-4-5-12-22-16/h4-5,7-12H,2-3,6H2,1H3,(H2,21,23,24). The zero-order valence-corrected chi connectivity index (χ0v) is 13.5. The first-order valence-corrected chi connectivity index (χ1v) is 8.02. The number of nitrogens with zero attached hydrogens (tertiary/aromatic N) is 3. The first-order chi connectivity index (χ1) is 11.7. The Labute approximate surface area is 140 Å². The van der Waals surface area contributed by atoms with Gasteiger partial charge < -0.3 is 5.73 Å². The summed E-state index contributed by atoms with van der Waals surface area (Å²) in [5.41, 5.74) is 10.0. The molecule has 2 aromatic heterocycles. The van der Waals surface area contributed by atoms with Gasteiger partial charge in [0.1, 0.15) is 5.82 Å². The van der Waals surface area contributed by atoms with Crippen LogP contribution in [0.25, 0.3) is 22.6 Å². The van der Waals surface area contributed by atoms with Gasteiger partial charge in [-0.3, -0.25) is 4.98 Å². The third-order valence-electron chi connectivity index (χ3n) is 3.83. The van der Waals surface area contributed by atoms with Gasteiger partial charge in [-0.1, -0.05) is 19.4 Å². The zero-order chi connectivity index (χ0) is 16.9. The fourth-order valence-electron chi connectivity index (χ4n) is 2.65. The van der Waals surface area contributed by atoms with Crippen LogP contribution in [0, 0.1) is 5.82 Å². The summed E-state index contributed by atoms with van der Waals surface area (Å²) in [4.78, 5) is 13.3. The van der Waals surface area contributed by atoms with Crippen LogP contribution in [-0.4, -0.2) is 15.0 Å². The molecule has 0 bridgehead atoms. The van der Waals surface area contributed by atoms with E-state index in [1.165, 1.54) is 12.1 Å². The smallest absolute Gasteiger partial charge is 0.221 e. The van der Waals surface area contributed by atoms with Crippen molar-refractivity contribution in [2.24, 2.45) is 0 Å². The predicted octanol–water partition coefficient (Wildman–Crippen LogP) is 4.27. The van der Waals surface area contributed by atoms with Crippen LogP contribution in [0.3, 0.4) is 0 Å². The summed E-state index contributed by atoms with van der Waals surface area (Å²) in [6.45, 7) is 2.14. The Morgan fingerprint density at radius 2 is 1.75 bits per heavy atom. The summed E-state index contributed by atoms with van der Waals surface area (Å²) in [5, 5.41) is 0. The molecule has 3 aromatic rings. The maximum atomic E-state index is 13.3. The lowest BCUT2D eigenvalue weighted by atomic mass is 9.98. The summed E-state index contributed by atoms with van der Waals surface area (Å²) in [7, 11) is 0. The summed E-state index contributed by atoms with van der Waals surface area (Å²) < 4.78 is 13.3. The van der Waals surface area contributed by atoms with E-state index in [0.717, 1.165) is 47.5 Å². The van der Waals surface area contributed by atoms with Gasteiger partial charge in [0, 0.05) is 17.3 Å². The van der Waals surface area contributed by atoms with E-state index in [1.807, 2.05) is 18.2 Å². The Bertz CT molecular complexity index is 817. The molecule has 0 unspecified atom stereocenters. The van der Waals surface area contributed by atoms with Gasteiger partial charge in [0.15, 0.2) is 0 Å². The monoisotopic (exact) mass is 322 g/mol. The number of benzene rings is 1. The molecule has 0 fully saturated rings. The van der Waals surface area contributed by atoms with E-state index in [0.29, 0.717) is 0 Å². The minimum Gasteiger partial charge on any atom is -0.368 e. The Morgan fingerprint density at radius 3 is 2.42 bits per heavy atom. The maximum Gasteiger partial charge on any atom is 0.221 e. The molecular formula is C19H19FN4. The first kappa shape index (κ1) is 16.1. The van der Waals surface area contributed by atoms with Gasteiger partial charge in [-0.15, -0.1) is 0 Å². The van der Waals surface area contributed by atoms with E-state index in [2.05, 4.69) is 21.9 Å². The van der Waals surface area contributed by atoms with Crippen molar-refractivity contribution < 1.29 is 4.39 Å². The number of nitrogen functional groups attached to an aromatic ring is 1. The summed E-state index contributed by atoms with van der Waals surface area (Å²) in [6, 6.07) is 12.0. The molecule has 1 aromatic carbocycles. The van der Waals surface area contributed by atoms with Crippen LogP contribution in [0.1, 0.15) is 25.3 Å². The van der Waals surface area contributed by atoms with E-state index in [9.17, 15) is 4.39 Å². The minimum atomic E-state index is -0.277. The molecule has 24 heavy (non-hydrogen) atoms. The Balaban J connectivity index is 2.20. The second-order valence-corrected chi connectivity index (χ2v) is 5.58. The molecule has 0 aliphatic rings. The number of rotatable bonds is 5. The Morgan fingerprint density at radius 1 is 1.00 bits per heavy atom. The average Bonchev–Trinajstić information content (AvgIpc) is 2.61. The molecule has 5 heteroatoms. The van der Waals surface area contributed by atoms with Crippen molar-refractivity contribution >= 4 is 5.95 Å². The Kier molecular flexibility index (Phi) is 4.79. The molecule has 0 aliphatic carbocycles. The lowest BCUT2D eigenvalue weighted by molar-refractivity contribution is 0.628. The van der Waals surface area contributed by atoms with Crippen LogP contribution in [-0.2, 0) is 6.42 Å². The van der Waals surface area contributed by atoms with Gasteiger partial charge in [0.25, 0.3) is 0 Å². The third-order valence-corrected chi connectivity index (χ3v) is 3.83. The topological polar surface area (TPSA) is 64.7 Å². The van der Waals surface area contributed by atoms with Crippen molar-refractivity contribution in [3.63, 3.8) is 0 Å². The molecule has 0 amide bonds. The molecule has 0 saturated carbocycles. The molecule has 0 saturated heterocycles. The quantitative estimate of drug-likeness (QED) is 0.762. The third kappa shape index (κ3) is 3.40. The molecule has 0 radical (unpaired) electrons. The van der Waals surface area contributed by atoms with Gasteiger partial charge in [-0.05, 0) is 49.2 Å². The molecule has 0 atom stereocenters. The number of anilines is 1. The van der Waals surface area contributed by atoms with Crippen molar-refractivity contribution in [3.05, 3.63) is 60.0 Å². The highest BCUT2D eigenvalue weighted by atomic mass is 19.1. The highest BCUT2D eigenvalue weighted by molar-refractivity contribution is 5.73. The summed E-state index contributed by atoms with van der Waals surface area (Å²) >= 11 is 0. The average molecular weight is 322 g/mol. The van der Waals surface area contributed by atoms with E-state index in [-0.39, 0.29) is 11.8 Å². The second kappa shape index (κ2) is 7.17. The van der Waals surface area contributed by atoms with Crippen molar-refractivity contribution in [1.29, 1.82) is 0 Å². The van der Waals surface area contributed by atoms with Gasteiger partial charge >= 0.3 is 0 Å². The van der Waals surface area contributed by atoms with Crippen molar-refractivity contribution in [2.45, 2.75) is 26.2 Å². The minimum absolute atomic E-state index is 0.190. The van der Waals surface area contributed by atoms with Crippen LogP contribution < -0.4 is 5.73 Å². The molecule has 0 aliphatic heterocycles. The van der Waals surface area contributed by atoms with Crippen LogP contribution >= 0.6 is 0 Å². The number of pyridine rings is 1. The van der Waals surface area contributed by atoms with Gasteiger partial charge in [-0.25, -0.2) is 14.4 Å². The van der Waals surface area contributed by atoms with Gasteiger partial charge in [0.05, 0.1) is 17.1 Å². The van der Waals surface area contributed by atoms with Crippen molar-refractivity contribution in [2.75, 3.05) is 5.73 Å². The lowest BCUT2D eigenvalue weighted by Crippen LogP contribution is -2.06. The largest absolute Gasteiger partial charge is 0.368 e. The fraction of sp³-hybridized carbons (Fsp3) is 0.211. The van der Waals surface area contributed by atoms with E-state index in [1.54, 1.807) is 18.3 Å². The lowest BCUT2D eigenvalue weighted by Gasteiger charge is -2.14. The van der Waals surface area contributed by atoms with Crippen molar-refractivity contribution in [1.82, 2.24) is 15.0 Å². The normalized spacial score (nSPS) is 10.8. The number of hydrogen-bond donors (Lipinski definition) is 1. The predicted molar refractivity (Wildman–Crippen MR) is 93.7 cm³/mol. The molecule has 3 rings (SSSR count). The number of nitrogens with two attached hydrogens (primary N) is 1.